The second-order valence-corrected chi connectivity index (χ2v) is 4.19. The molecule has 0 radical (unpaired) electrons. The molecule has 0 unspecified atom stereocenters. The summed E-state index contributed by atoms with van der Waals surface area (Å²) in [7, 11) is 0. The van der Waals surface area contributed by atoms with Crippen LogP contribution in [0.3, 0.4) is 0 Å². The maximum absolute atomic E-state index is 8.75. The summed E-state index contributed by atoms with van der Waals surface area (Å²) in [4.78, 5) is 2.08. The minimum atomic E-state index is 0.167. The Labute approximate surface area is 86.2 Å². The molecule has 1 aromatic rings. The fourth-order valence-electron chi connectivity index (χ4n) is 0.979. The van der Waals surface area contributed by atoms with Gasteiger partial charge in [0, 0.05) is 6.54 Å². The number of aliphatic hydroxyl groups is 1. The molecule has 0 amide bonds. The number of likely N-dealkylation sites (N-methyl/N-ethyl adjacent to an activating group) is 1. The SMILES string of the molecule is CCN(CCO)Cc1nnc(Cl)s1. The molecular weight excluding hydrogens is 210 g/mol. The quantitative estimate of drug-likeness (QED) is 0.806. The fraction of sp³-hybridized carbons (Fsp3) is 0.714. The van der Waals surface area contributed by atoms with Gasteiger partial charge in [0.05, 0.1) is 13.2 Å². The van der Waals surface area contributed by atoms with Crippen molar-refractivity contribution in [3.05, 3.63) is 9.47 Å². The summed E-state index contributed by atoms with van der Waals surface area (Å²) in [6.07, 6.45) is 0. The van der Waals surface area contributed by atoms with E-state index in [0.717, 1.165) is 11.6 Å². The van der Waals surface area contributed by atoms with E-state index in [4.69, 9.17) is 16.7 Å². The first-order valence-electron chi connectivity index (χ1n) is 4.07. The van der Waals surface area contributed by atoms with Crippen molar-refractivity contribution in [2.24, 2.45) is 0 Å². The lowest BCUT2D eigenvalue weighted by atomic mass is 10.5. The number of rotatable bonds is 5. The van der Waals surface area contributed by atoms with Crippen LogP contribution < -0.4 is 0 Å². The van der Waals surface area contributed by atoms with E-state index in [0.29, 0.717) is 17.6 Å². The molecule has 0 aliphatic heterocycles. The van der Waals surface area contributed by atoms with Gasteiger partial charge in [-0.1, -0.05) is 18.3 Å². The van der Waals surface area contributed by atoms with Crippen LogP contribution >= 0.6 is 22.9 Å². The highest BCUT2D eigenvalue weighted by molar-refractivity contribution is 7.15. The van der Waals surface area contributed by atoms with Crippen LogP contribution in [-0.4, -0.2) is 39.9 Å². The van der Waals surface area contributed by atoms with Gasteiger partial charge in [0.25, 0.3) is 0 Å². The van der Waals surface area contributed by atoms with Gasteiger partial charge in [0.15, 0.2) is 0 Å². The highest BCUT2D eigenvalue weighted by atomic mass is 35.5. The van der Waals surface area contributed by atoms with Crippen LogP contribution in [0.25, 0.3) is 0 Å². The van der Waals surface area contributed by atoms with E-state index in [1.165, 1.54) is 11.3 Å². The molecule has 6 heteroatoms. The highest BCUT2D eigenvalue weighted by Crippen LogP contribution is 2.16. The predicted octanol–water partition coefficient (Wildman–Crippen LogP) is 1.01. The van der Waals surface area contributed by atoms with Gasteiger partial charge in [-0.2, -0.15) is 0 Å². The van der Waals surface area contributed by atoms with Crippen LogP contribution in [0.4, 0.5) is 0 Å². The van der Waals surface area contributed by atoms with Crippen LogP contribution in [0.1, 0.15) is 11.9 Å². The second kappa shape index (κ2) is 5.49. The van der Waals surface area contributed by atoms with Crippen molar-refractivity contribution < 1.29 is 5.11 Å². The number of hydrogen-bond acceptors (Lipinski definition) is 5. The van der Waals surface area contributed by atoms with E-state index in [9.17, 15) is 0 Å². The number of nitrogens with zero attached hydrogens (tertiary/aromatic N) is 3. The average Bonchev–Trinajstić information content (AvgIpc) is 2.50. The zero-order valence-corrected chi connectivity index (χ0v) is 8.98. The largest absolute Gasteiger partial charge is 0.395 e. The number of hydrogen-bond donors (Lipinski definition) is 1. The third kappa shape index (κ3) is 3.56. The number of halogens is 1. The van der Waals surface area contributed by atoms with E-state index in [2.05, 4.69) is 15.1 Å². The topological polar surface area (TPSA) is 49.2 Å². The van der Waals surface area contributed by atoms with Crippen LogP contribution in [0.5, 0.6) is 0 Å². The molecule has 1 heterocycles. The lowest BCUT2D eigenvalue weighted by molar-refractivity contribution is 0.196. The van der Waals surface area contributed by atoms with Gasteiger partial charge in [-0.25, -0.2) is 0 Å². The molecule has 13 heavy (non-hydrogen) atoms. The number of aliphatic hydroxyl groups excluding tert-OH is 1. The van der Waals surface area contributed by atoms with Crippen molar-refractivity contribution in [2.45, 2.75) is 13.5 Å². The first-order chi connectivity index (χ1) is 6.26. The Hall–Kier alpha value is -0.230. The Morgan fingerprint density at radius 1 is 1.54 bits per heavy atom. The van der Waals surface area contributed by atoms with Gasteiger partial charge >= 0.3 is 0 Å². The minimum Gasteiger partial charge on any atom is -0.395 e. The van der Waals surface area contributed by atoms with Gasteiger partial charge in [-0.3, -0.25) is 4.90 Å². The second-order valence-electron chi connectivity index (χ2n) is 2.54. The average molecular weight is 222 g/mol. The van der Waals surface area contributed by atoms with E-state index in [1.54, 1.807) is 0 Å². The van der Waals surface area contributed by atoms with Gasteiger partial charge in [-0.05, 0) is 18.1 Å². The molecule has 0 aliphatic carbocycles. The minimum absolute atomic E-state index is 0.167. The molecule has 0 aliphatic rings. The Balaban J connectivity index is 2.46. The molecule has 4 nitrogen and oxygen atoms in total. The van der Waals surface area contributed by atoms with Crippen molar-refractivity contribution in [2.75, 3.05) is 19.7 Å². The highest BCUT2D eigenvalue weighted by Gasteiger charge is 2.06. The van der Waals surface area contributed by atoms with Crippen molar-refractivity contribution >= 4 is 22.9 Å². The van der Waals surface area contributed by atoms with E-state index >= 15 is 0 Å². The van der Waals surface area contributed by atoms with Crippen molar-refractivity contribution in [3.63, 3.8) is 0 Å². The monoisotopic (exact) mass is 221 g/mol. The Bertz CT molecular complexity index is 256. The molecule has 0 spiro atoms. The Kier molecular flexibility index (Phi) is 4.58. The predicted molar refractivity (Wildman–Crippen MR) is 53.0 cm³/mol. The Morgan fingerprint density at radius 3 is 2.77 bits per heavy atom. The molecular formula is C7H12ClN3OS. The lowest BCUT2D eigenvalue weighted by Crippen LogP contribution is -2.25. The van der Waals surface area contributed by atoms with E-state index in [1.807, 2.05) is 6.92 Å². The third-order valence-electron chi connectivity index (χ3n) is 1.66. The van der Waals surface area contributed by atoms with Gasteiger partial charge in [0.2, 0.25) is 4.47 Å². The molecule has 1 N–H and O–H groups in total. The zero-order valence-electron chi connectivity index (χ0n) is 7.40. The van der Waals surface area contributed by atoms with Crippen LogP contribution in [0.2, 0.25) is 4.47 Å². The molecule has 0 fully saturated rings. The smallest absolute Gasteiger partial charge is 0.207 e. The number of aromatic nitrogens is 2. The summed E-state index contributed by atoms with van der Waals surface area (Å²) in [5.41, 5.74) is 0. The fourth-order valence-corrected chi connectivity index (χ4v) is 1.89. The molecule has 0 atom stereocenters. The maximum Gasteiger partial charge on any atom is 0.207 e. The molecule has 1 aromatic heterocycles. The summed E-state index contributed by atoms with van der Waals surface area (Å²) in [6.45, 7) is 4.46. The normalized spacial score (nSPS) is 11.1. The van der Waals surface area contributed by atoms with E-state index in [-0.39, 0.29) is 6.61 Å². The maximum atomic E-state index is 8.75. The van der Waals surface area contributed by atoms with Crippen molar-refractivity contribution in [3.8, 4) is 0 Å². The molecule has 1 rings (SSSR count). The summed E-state index contributed by atoms with van der Waals surface area (Å²) < 4.78 is 0.468. The van der Waals surface area contributed by atoms with Crippen LogP contribution in [-0.2, 0) is 6.54 Å². The first kappa shape index (κ1) is 10.8. The summed E-state index contributed by atoms with van der Waals surface area (Å²) in [5.74, 6) is 0. The summed E-state index contributed by atoms with van der Waals surface area (Å²) in [5, 5.41) is 17.2. The van der Waals surface area contributed by atoms with Crippen molar-refractivity contribution in [1.82, 2.24) is 15.1 Å². The third-order valence-corrected chi connectivity index (χ3v) is 2.67. The van der Waals surface area contributed by atoms with Crippen LogP contribution in [0.15, 0.2) is 0 Å². The summed E-state index contributed by atoms with van der Waals surface area (Å²) in [6, 6.07) is 0. The summed E-state index contributed by atoms with van der Waals surface area (Å²) >= 11 is 7.02. The van der Waals surface area contributed by atoms with Gasteiger partial charge < -0.3 is 5.11 Å². The standard InChI is InChI=1S/C7H12ClN3OS/c1-2-11(3-4-12)5-6-9-10-7(8)13-6/h12H,2-5H2,1H3. The lowest BCUT2D eigenvalue weighted by Gasteiger charge is -2.16. The first-order valence-corrected chi connectivity index (χ1v) is 5.26. The van der Waals surface area contributed by atoms with Crippen molar-refractivity contribution in [1.29, 1.82) is 0 Å². The molecule has 0 saturated heterocycles. The molecule has 0 aromatic carbocycles. The molecule has 0 bridgehead atoms. The van der Waals surface area contributed by atoms with Gasteiger partial charge in [-0.15, -0.1) is 10.2 Å². The zero-order chi connectivity index (χ0) is 9.68. The molecule has 0 saturated carbocycles. The van der Waals surface area contributed by atoms with E-state index < -0.39 is 0 Å². The Morgan fingerprint density at radius 2 is 2.31 bits per heavy atom. The molecule has 74 valence electrons. The van der Waals surface area contributed by atoms with Gasteiger partial charge in [0.1, 0.15) is 5.01 Å². The van der Waals surface area contributed by atoms with Crippen LogP contribution in [0, 0.1) is 0 Å².